The Labute approximate surface area is 160 Å². The lowest BCUT2D eigenvalue weighted by molar-refractivity contribution is -0.119. The molecule has 142 valence electrons. The summed E-state index contributed by atoms with van der Waals surface area (Å²) >= 11 is 0. The van der Waals surface area contributed by atoms with Gasteiger partial charge in [-0.15, -0.1) is 0 Å². The van der Waals surface area contributed by atoms with Gasteiger partial charge in [-0.3, -0.25) is 9.59 Å². The molecule has 2 aromatic carbocycles. The van der Waals surface area contributed by atoms with E-state index in [2.05, 4.69) is 17.6 Å². The van der Waals surface area contributed by atoms with Crippen molar-refractivity contribution < 1.29 is 14.3 Å². The monoisotopic (exact) mass is 366 g/mol. The molecule has 2 N–H and O–H groups in total. The molecule has 0 aliphatic carbocycles. The normalized spacial score (nSPS) is 10.8. The zero-order chi connectivity index (χ0) is 19.6. The first-order valence-electron chi connectivity index (χ1n) is 9.10. The predicted molar refractivity (Wildman–Crippen MR) is 110 cm³/mol. The van der Waals surface area contributed by atoms with Crippen LogP contribution in [0.4, 0.5) is 11.4 Å². The highest BCUT2D eigenvalue weighted by Gasteiger charge is 2.07. The van der Waals surface area contributed by atoms with Gasteiger partial charge in [-0.05, 0) is 54.5 Å². The molecule has 0 unspecified atom stereocenters. The van der Waals surface area contributed by atoms with Gasteiger partial charge in [0.2, 0.25) is 11.8 Å². The van der Waals surface area contributed by atoms with Crippen LogP contribution < -0.4 is 15.4 Å². The molecule has 0 aromatic heterocycles. The number of hydrogen-bond acceptors (Lipinski definition) is 3. The number of carbonyl (C=O) groups excluding carboxylic acids is 2. The highest BCUT2D eigenvalue weighted by molar-refractivity contribution is 6.02. The number of amides is 2. The van der Waals surface area contributed by atoms with Gasteiger partial charge in [0.1, 0.15) is 5.75 Å². The molecule has 2 amide bonds. The molecule has 0 radical (unpaired) electrons. The summed E-state index contributed by atoms with van der Waals surface area (Å²) in [6.07, 6.45) is 4.19. The summed E-state index contributed by atoms with van der Waals surface area (Å²) in [7, 11) is 0. The fourth-order valence-corrected chi connectivity index (χ4v) is 2.17. The predicted octanol–water partition coefficient (Wildman–Crippen LogP) is 4.72. The fourth-order valence-electron chi connectivity index (χ4n) is 2.17. The maximum absolute atomic E-state index is 12.1. The molecule has 0 saturated carbocycles. The Kier molecular flexibility index (Phi) is 7.62. The molecule has 0 saturated heterocycles. The van der Waals surface area contributed by atoms with Crippen LogP contribution in [0.5, 0.6) is 5.75 Å². The van der Waals surface area contributed by atoms with Crippen molar-refractivity contribution in [2.75, 3.05) is 17.2 Å². The number of ether oxygens (including phenoxy) is 1. The van der Waals surface area contributed by atoms with Crippen molar-refractivity contribution in [2.24, 2.45) is 5.92 Å². The van der Waals surface area contributed by atoms with Crippen LogP contribution in [0, 0.1) is 5.92 Å². The summed E-state index contributed by atoms with van der Waals surface area (Å²) in [5, 5.41) is 5.60. The van der Waals surface area contributed by atoms with Gasteiger partial charge in [-0.2, -0.15) is 0 Å². The van der Waals surface area contributed by atoms with Crippen LogP contribution in [0.2, 0.25) is 0 Å². The van der Waals surface area contributed by atoms with Gasteiger partial charge in [0, 0.05) is 23.4 Å². The number of benzene rings is 2. The number of nitrogens with one attached hydrogen (secondary N) is 2. The number of carbonyl (C=O) groups is 2. The van der Waals surface area contributed by atoms with Crippen molar-refractivity contribution in [2.45, 2.75) is 27.2 Å². The average Bonchev–Trinajstić information content (AvgIpc) is 2.67. The van der Waals surface area contributed by atoms with E-state index in [1.807, 2.05) is 38.1 Å². The second-order valence-electron chi connectivity index (χ2n) is 6.46. The van der Waals surface area contributed by atoms with E-state index in [4.69, 9.17) is 4.74 Å². The Morgan fingerprint density at radius 3 is 2.11 bits per heavy atom. The Hall–Kier alpha value is -3.08. The number of hydrogen-bond donors (Lipinski definition) is 2. The topological polar surface area (TPSA) is 67.4 Å². The number of anilines is 2. The summed E-state index contributed by atoms with van der Waals surface area (Å²) in [5.74, 6) is 0.478. The molecule has 0 heterocycles. The zero-order valence-corrected chi connectivity index (χ0v) is 16.0. The maximum atomic E-state index is 12.1. The Morgan fingerprint density at radius 1 is 0.963 bits per heavy atom. The third-order valence-corrected chi connectivity index (χ3v) is 3.72. The molecule has 0 fully saturated rings. The van der Waals surface area contributed by atoms with Crippen LogP contribution in [0.15, 0.2) is 54.6 Å². The van der Waals surface area contributed by atoms with Crippen LogP contribution in [0.1, 0.15) is 32.8 Å². The van der Waals surface area contributed by atoms with Gasteiger partial charge in [0.05, 0.1) is 6.61 Å². The van der Waals surface area contributed by atoms with E-state index in [1.165, 1.54) is 6.08 Å². The molecule has 2 aromatic rings. The molecule has 0 spiro atoms. The van der Waals surface area contributed by atoms with Crippen LogP contribution in [-0.2, 0) is 9.59 Å². The summed E-state index contributed by atoms with van der Waals surface area (Å²) in [6.45, 7) is 6.42. The van der Waals surface area contributed by atoms with Crippen LogP contribution in [0.3, 0.4) is 0 Å². The van der Waals surface area contributed by atoms with Gasteiger partial charge >= 0.3 is 0 Å². The molecule has 5 nitrogen and oxygen atoms in total. The quantitative estimate of drug-likeness (QED) is 0.664. The van der Waals surface area contributed by atoms with E-state index >= 15 is 0 Å². The van der Waals surface area contributed by atoms with Crippen molar-refractivity contribution in [3.63, 3.8) is 0 Å². The first-order chi connectivity index (χ1) is 13.0. The first-order valence-corrected chi connectivity index (χ1v) is 9.10. The van der Waals surface area contributed by atoms with Crippen molar-refractivity contribution in [3.8, 4) is 5.75 Å². The lowest BCUT2D eigenvalue weighted by atomic mass is 10.2. The third-order valence-electron chi connectivity index (χ3n) is 3.72. The second kappa shape index (κ2) is 10.2. The third kappa shape index (κ3) is 6.98. The minimum absolute atomic E-state index is 0.0409. The van der Waals surface area contributed by atoms with Crippen LogP contribution >= 0.6 is 0 Å². The molecule has 27 heavy (non-hydrogen) atoms. The number of rotatable bonds is 8. The van der Waals surface area contributed by atoms with Crippen molar-refractivity contribution in [1.82, 2.24) is 0 Å². The Morgan fingerprint density at radius 2 is 1.56 bits per heavy atom. The highest BCUT2D eigenvalue weighted by atomic mass is 16.5. The molecule has 0 atom stereocenters. The minimum Gasteiger partial charge on any atom is -0.494 e. The van der Waals surface area contributed by atoms with Gasteiger partial charge < -0.3 is 15.4 Å². The largest absolute Gasteiger partial charge is 0.494 e. The Bertz CT molecular complexity index is 778. The standard InChI is InChI=1S/C22H26N2O3/c1-4-15-27-20-12-5-17(6-13-20)7-14-21(25)23-18-8-10-19(11-9-18)24-22(26)16(2)3/h5-14,16H,4,15H2,1-3H3,(H,23,25)(H,24,26)/b14-7+. The summed E-state index contributed by atoms with van der Waals surface area (Å²) in [5.41, 5.74) is 2.28. The van der Waals surface area contributed by atoms with Gasteiger partial charge in [-0.1, -0.05) is 32.9 Å². The van der Waals surface area contributed by atoms with Crippen molar-refractivity contribution in [1.29, 1.82) is 0 Å². The van der Waals surface area contributed by atoms with Gasteiger partial charge in [0.25, 0.3) is 0 Å². The van der Waals surface area contributed by atoms with Crippen LogP contribution in [0.25, 0.3) is 6.08 Å². The highest BCUT2D eigenvalue weighted by Crippen LogP contribution is 2.16. The minimum atomic E-state index is -0.222. The SMILES string of the molecule is CCCOc1ccc(/C=C/C(=O)Nc2ccc(NC(=O)C(C)C)cc2)cc1. The van der Waals surface area contributed by atoms with Gasteiger partial charge in [-0.25, -0.2) is 0 Å². The molecule has 0 bridgehead atoms. The summed E-state index contributed by atoms with van der Waals surface area (Å²) < 4.78 is 5.53. The second-order valence-corrected chi connectivity index (χ2v) is 6.46. The molecule has 0 aliphatic rings. The van der Waals surface area contributed by atoms with E-state index in [9.17, 15) is 9.59 Å². The molecule has 0 aliphatic heterocycles. The lowest BCUT2D eigenvalue weighted by Gasteiger charge is -2.08. The van der Waals surface area contributed by atoms with E-state index in [0.717, 1.165) is 17.7 Å². The smallest absolute Gasteiger partial charge is 0.248 e. The van der Waals surface area contributed by atoms with Crippen LogP contribution in [-0.4, -0.2) is 18.4 Å². The molecule has 2 rings (SSSR count). The molecular formula is C22H26N2O3. The van der Waals surface area contributed by atoms with E-state index in [1.54, 1.807) is 30.3 Å². The summed E-state index contributed by atoms with van der Waals surface area (Å²) in [4.78, 5) is 23.7. The Balaban J connectivity index is 1.87. The molecular weight excluding hydrogens is 340 g/mol. The van der Waals surface area contributed by atoms with E-state index < -0.39 is 0 Å². The first kappa shape index (κ1) is 20.2. The summed E-state index contributed by atoms with van der Waals surface area (Å²) in [6, 6.07) is 14.6. The van der Waals surface area contributed by atoms with E-state index in [0.29, 0.717) is 18.0 Å². The van der Waals surface area contributed by atoms with E-state index in [-0.39, 0.29) is 17.7 Å². The van der Waals surface area contributed by atoms with Crippen molar-refractivity contribution in [3.05, 3.63) is 60.2 Å². The van der Waals surface area contributed by atoms with Crippen molar-refractivity contribution >= 4 is 29.3 Å². The molecule has 5 heteroatoms. The zero-order valence-electron chi connectivity index (χ0n) is 16.0. The lowest BCUT2D eigenvalue weighted by Crippen LogP contribution is -2.17. The average molecular weight is 366 g/mol. The maximum Gasteiger partial charge on any atom is 0.248 e. The fraction of sp³-hybridized carbons (Fsp3) is 0.273. The van der Waals surface area contributed by atoms with Gasteiger partial charge in [0.15, 0.2) is 0 Å².